The van der Waals surface area contributed by atoms with E-state index in [1.54, 1.807) is 12.1 Å². The number of aliphatic imine (C=N–C) groups is 1. The maximum Gasteiger partial charge on any atom is 0.274 e. The van der Waals surface area contributed by atoms with E-state index in [2.05, 4.69) is 15.2 Å². The van der Waals surface area contributed by atoms with Crippen molar-refractivity contribution in [2.24, 2.45) is 10.4 Å². The first-order valence-electron chi connectivity index (χ1n) is 8.47. The molecule has 0 saturated carbocycles. The van der Waals surface area contributed by atoms with Crippen molar-refractivity contribution in [3.63, 3.8) is 0 Å². The molecular formula is C17H25IN4O3. The quantitative estimate of drug-likeness (QED) is 0.246. The SMILES string of the molecule is CCNC(=NCc1ccccc1[N+](=O)[O-])N1CCC2(CCOC2)C1.I. The third-order valence-electron chi connectivity index (χ3n) is 4.85. The van der Waals surface area contributed by atoms with Crippen LogP contribution in [-0.2, 0) is 11.3 Å². The Balaban J connectivity index is 0.00000225. The van der Waals surface area contributed by atoms with E-state index in [0.29, 0.717) is 12.1 Å². The van der Waals surface area contributed by atoms with E-state index < -0.39 is 0 Å². The lowest BCUT2D eigenvalue weighted by atomic mass is 9.87. The van der Waals surface area contributed by atoms with Crippen LogP contribution in [0.3, 0.4) is 0 Å². The van der Waals surface area contributed by atoms with Crippen LogP contribution in [0.1, 0.15) is 25.3 Å². The number of hydrogen-bond acceptors (Lipinski definition) is 4. The van der Waals surface area contributed by atoms with Gasteiger partial charge in [-0.05, 0) is 19.8 Å². The lowest BCUT2D eigenvalue weighted by molar-refractivity contribution is -0.385. The van der Waals surface area contributed by atoms with Crippen LogP contribution < -0.4 is 5.32 Å². The number of halogens is 1. The summed E-state index contributed by atoms with van der Waals surface area (Å²) in [5.74, 6) is 0.833. The maximum absolute atomic E-state index is 11.1. The number of nitro groups is 1. The van der Waals surface area contributed by atoms with E-state index >= 15 is 0 Å². The molecule has 0 aromatic heterocycles. The molecular weight excluding hydrogens is 435 g/mol. The predicted molar refractivity (Wildman–Crippen MR) is 107 cm³/mol. The van der Waals surface area contributed by atoms with Crippen molar-refractivity contribution in [3.05, 3.63) is 39.9 Å². The summed E-state index contributed by atoms with van der Waals surface area (Å²) in [4.78, 5) is 17.7. The lowest BCUT2D eigenvalue weighted by Gasteiger charge is -2.25. The molecule has 2 heterocycles. The van der Waals surface area contributed by atoms with Crippen molar-refractivity contribution >= 4 is 35.6 Å². The van der Waals surface area contributed by atoms with Crippen LogP contribution in [0.2, 0.25) is 0 Å². The number of rotatable bonds is 4. The molecule has 1 aromatic carbocycles. The van der Waals surface area contributed by atoms with Gasteiger partial charge < -0.3 is 15.0 Å². The molecule has 1 spiro atoms. The van der Waals surface area contributed by atoms with Gasteiger partial charge in [-0.3, -0.25) is 10.1 Å². The number of hydrogen-bond donors (Lipinski definition) is 1. The minimum atomic E-state index is -0.349. The topological polar surface area (TPSA) is 80.0 Å². The van der Waals surface area contributed by atoms with Gasteiger partial charge in [0.15, 0.2) is 5.96 Å². The second-order valence-electron chi connectivity index (χ2n) is 6.53. The summed E-state index contributed by atoms with van der Waals surface area (Å²) >= 11 is 0. The fourth-order valence-electron chi connectivity index (χ4n) is 3.50. The predicted octanol–water partition coefficient (Wildman–Crippen LogP) is 2.79. The summed E-state index contributed by atoms with van der Waals surface area (Å²) < 4.78 is 5.58. The van der Waals surface area contributed by atoms with Crippen molar-refractivity contribution in [2.75, 3.05) is 32.8 Å². The highest BCUT2D eigenvalue weighted by Crippen LogP contribution is 2.38. The van der Waals surface area contributed by atoms with E-state index in [9.17, 15) is 10.1 Å². The zero-order chi connectivity index (χ0) is 17.0. The summed E-state index contributed by atoms with van der Waals surface area (Å²) in [6.45, 7) is 6.67. The maximum atomic E-state index is 11.1. The van der Waals surface area contributed by atoms with E-state index in [0.717, 1.165) is 51.6 Å². The summed E-state index contributed by atoms with van der Waals surface area (Å²) in [7, 11) is 0. The average Bonchev–Trinajstić information content (AvgIpc) is 3.22. The number of ether oxygens (including phenoxy) is 1. The number of nitrogens with one attached hydrogen (secondary N) is 1. The first-order valence-corrected chi connectivity index (χ1v) is 8.47. The summed E-state index contributed by atoms with van der Waals surface area (Å²) in [6, 6.07) is 6.78. The van der Waals surface area contributed by atoms with Gasteiger partial charge in [-0.25, -0.2) is 4.99 Å². The molecule has 1 unspecified atom stereocenters. The molecule has 3 rings (SSSR count). The van der Waals surface area contributed by atoms with Gasteiger partial charge >= 0.3 is 0 Å². The highest BCUT2D eigenvalue weighted by atomic mass is 127. The molecule has 138 valence electrons. The first-order chi connectivity index (χ1) is 11.6. The third-order valence-corrected chi connectivity index (χ3v) is 4.85. The Morgan fingerprint density at radius 1 is 1.44 bits per heavy atom. The number of benzene rings is 1. The lowest BCUT2D eigenvalue weighted by Crippen LogP contribution is -2.41. The largest absolute Gasteiger partial charge is 0.381 e. The van der Waals surface area contributed by atoms with Crippen molar-refractivity contribution in [3.8, 4) is 0 Å². The Hall–Kier alpha value is -1.42. The molecule has 0 amide bonds. The number of nitrogens with zero attached hydrogens (tertiary/aromatic N) is 3. The van der Waals surface area contributed by atoms with Gasteiger partial charge in [-0.2, -0.15) is 0 Å². The molecule has 1 N–H and O–H groups in total. The van der Waals surface area contributed by atoms with Crippen LogP contribution in [0, 0.1) is 15.5 Å². The summed E-state index contributed by atoms with van der Waals surface area (Å²) in [6.07, 6.45) is 2.22. The number of likely N-dealkylation sites (tertiary alicyclic amines) is 1. The minimum Gasteiger partial charge on any atom is -0.381 e. The van der Waals surface area contributed by atoms with Gasteiger partial charge in [0.1, 0.15) is 0 Å². The molecule has 0 radical (unpaired) electrons. The molecule has 25 heavy (non-hydrogen) atoms. The molecule has 0 bridgehead atoms. The molecule has 2 aliphatic heterocycles. The van der Waals surface area contributed by atoms with Crippen molar-refractivity contribution in [1.29, 1.82) is 0 Å². The highest BCUT2D eigenvalue weighted by Gasteiger charge is 2.42. The average molecular weight is 460 g/mol. The van der Waals surface area contributed by atoms with Crippen LogP contribution >= 0.6 is 24.0 Å². The molecule has 1 aromatic rings. The fourth-order valence-corrected chi connectivity index (χ4v) is 3.50. The Morgan fingerprint density at radius 2 is 2.24 bits per heavy atom. The standard InChI is InChI=1S/C17H24N4O3.HI/c1-2-18-16(20-9-7-17(12-20)8-10-24-13-17)19-11-14-5-3-4-6-15(14)21(22)23;/h3-6H,2,7-13H2,1H3,(H,18,19);1H. The van der Waals surface area contributed by atoms with Gasteiger partial charge in [0, 0.05) is 37.7 Å². The van der Waals surface area contributed by atoms with Gasteiger partial charge in [-0.1, -0.05) is 18.2 Å². The van der Waals surface area contributed by atoms with E-state index in [-0.39, 0.29) is 40.0 Å². The Kier molecular flexibility index (Phi) is 7.00. The van der Waals surface area contributed by atoms with Crippen LogP contribution in [0.5, 0.6) is 0 Å². The van der Waals surface area contributed by atoms with Crippen LogP contribution in [0.4, 0.5) is 5.69 Å². The van der Waals surface area contributed by atoms with Crippen LogP contribution in [0.25, 0.3) is 0 Å². The molecule has 2 fully saturated rings. The summed E-state index contributed by atoms with van der Waals surface area (Å²) in [5, 5.41) is 14.5. The smallest absolute Gasteiger partial charge is 0.274 e. The van der Waals surface area contributed by atoms with E-state index in [1.807, 2.05) is 13.0 Å². The Morgan fingerprint density at radius 3 is 2.92 bits per heavy atom. The van der Waals surface area contributed by atoms with E-state index in [4.69, 9.17) is 4.74 Å². The van der Waals surface area contributed by atoms with Gasteiger partial charge in [-0.15, -0.1) is 24.0 Å². The van der Waals surface area contributed by atoms with Crippen molar-refractivity contribution < 1.29 is 9.66 Å². The van der Waals surface area contributed by atoms with Crippen molar-refractivity contribution in [1.82, 2.24) is 10.2 Å². The second-order valence-corrected chi connectivity index (χ2v) is 6.53. The van der Waals surface area contributed by atoms with Gasteiger partial charge in [0.2, 0.25) is 0 Å². The molecule has 2 aliphatic rings. The molecule has 0 aliphatic carbocycles. The monoisotopic (exact) mass is 460 g/mol. The van der Waals surface area contributed by atoms with Gasteiger partial charge in [0.05, 0.1) is 23.6 Å². The zero-order valence-electron chi connectivity index (χ0n) is 14.4. The van der Waals surface area contributed by atoms with E-state index in [1.165, 1.54) is 6.07 Å². The zero-order valence-corrected chi connectivity index (χ0v) is 16.8. The fraction of sp³-hybridized carbons (Fsp3) is 0.588. The normalized spacial score (nSPS) is 22.9. The molecule has 2 saturated heterocycles. The van der Waals surface area contributed by atoms with Gasteiger partial charge in [0.25, 0.3) is 5.69 Å². The minimum absolute atomic E-state index is 0. The Labute approximate surface area is 165 Å². The molecule has 1 atom stereocenters. The second kappa shape index (κ2) is 8.79. The van der Waals surface area contributed by atoms with Crippen LogP contribution in [-0.4, -0.2) is 48.6 Å². The van der Waals surface area contributed by atoms with Crippen LogP contribution in [0.15, 0.2) is 29.3 Å². The molecule has 8 heteroatoms. The third kappa shape index (κ3) is 4.60. The number of guanidine groups is 1. The van der Waals surface area contributed by atoms with Crippen molar-refractivity contribution in [2.45, 2.75) is 26.3 Å². The highest BCUT2D eigenvalue weighted by molar-refractivity contribution is 14.0. The number of para-hydroxylation sites is 1. The number of nitro benzene ring substituents is 1. The Bertz CT molecular complexity index is 632. The first kappa shape index (κ1) is 19.9. The summed E-state index contributed by atoms with van der Waals surface area (Å²) in [5.41, 5.74) is 1.02. The molecule has 7 nitrogen and oxygen atoms in total.